The summed E-state index contributed by atoms with van der Waals surface area (Å²) in [5, 5.41) is 3.98. The zero-order chi connectivity index (χ0) is 17.2. The molecule has 2 aliphatic rings. The van der Waals surface area contributed by atoms with Crippen LogP contribution >= 0.6 is 11.6 Å². The Morgan fingerprint density at radius 2 is 2.28 bits per heavy atom. The number of ether oxygens (including phenoxy) is 1. The number of amides is 1. The third-order valence-corrected chi connectivity index (χ3v) is 4.77. The number of rotatable bonds is 2. The molecule has 6 heteroatoms. The van der Waals surface area contributed by atoms with E-state index in [1.807, 2.05) is 41.4 Å². The minimum atomic E-state index is -0.0309. The van der Waals surface area contributed by atoms with Gasteiger partial charge in [0.25, 0.3) is 5.91 Å². The van der Waals surface area contributed by atoms with Gasteiger partial charge in [-0.3, -0.25) is 9.78 Å². The Kier molecular flexibility index (Phi) is 4.42. The monoisotopic (exact) mass is 355 g/mol. The van der Waals surface area contributed by atoms with E-state index in [1.54, 1.807) is 12.3 Å². The molecule has 1 amide bonds. The number of carbonyl (C=O) groups is 1. The maximum Gasteiger partial charge on any atom is 0.253 e. The van der Waals surface area contributed by atoms with Gasteiger partial charge in [0.2, 0.25) is 0 Å². The first kappa shape index (κ1) is 16.1. The number of aromatic nitrogens is 1. The number of nitrogens with zero attached hydrogens (tertiary/aromatic N) is 2. The van der Waals surface area contributed by atoms with Gasteiger partial charge in [0.15, 0.2) is 0 Å². The molecule has 0 bridgehead atoms. The molecule has 1 saturated heterocycles. The SMILES string of the molecule is O=C(C1=Cc2cc(Cl)ccc2OC1)N1CCNCC1c1cccnc1. The highest BCUT2D eigenvalue weighted by Gasteiger charge is 2.31. The van der Waals surface area contributed by atoms with Crippen molar-refractivity contribution in [1.29, 1.82) is 0 Å². The lowest BCUT2D eigenvalue weighted by molar-refractivity contribution is -0.130. The van der Waals surface area contributed by atoms with Crippen LogP contribution in [0.5, 0.6) is 5.75 Å². The molecule has 1 aromatic carbocycles. The molecule has 0 radical (unpaired) electrons. The van der Waals surface area contributed by atoms with Gasteiger partial charge in [-0.2, -0.15) is 0 Å². The van der Waals surface area contributed by atoms with E-state index >= 15 is 0 Å². The Labute approximate surface area is 151 Å². The average molecular weight is 356 g/mol. The van der Waals surface area contributed by atoms with Crippen molar-refractivity contribution in [3.8, 4) is 5.75 Å². The van der Waals surface area contributed by atoms with E-state index in [4.69, 9.17) is 16.3 Å². The average Bonchev–Trinajstić information content (AvgIpc) is 2.67. The Balaban J connectivity index is 1.63. The molecule has 25 heavy (non-hydrogen) atoms. The second-order valence-electron chi connectivity index (χ2n) is 6.15. The van der Waals surface area contributed by atoms with Crippen LogP contribution in [0.4, 0.5) is 0 Å². The lowest BCUT2D eigenvalue weighted by atomic mass is 10.0. The first-order chi connectivity index (χ1) is 12.2. The number of benzene rings is 1. The van der Waals surface area contributed by atoms with Gasteiger partial charge >= 0.3 is 0 Å². The molecule has 0 saturated carbocycles. The van der Waals surface area contributed by atoms with Crippen LogP contribution in [0.1, 0.15) is 17.2 Å². The van der Waals surface area contributed by atoms with Crippen molar-refractivity contribution in [2.45, 2.75) is 6.04 Å². The molecule has 4 rings (SSSR count). The Morgan fingerprint density at radius 1 is 1.36 bits per heavy atom. The smallest absolute Gasteiger partial charge is 0.253 e. The number of fused-ring (bicyclic) bond motifs is 1. The maximum absolute atomic E-state index is 13.1. The second-order valence-corrected chi connectivity index (χ2v) is 6.58. The molecule has 1 N–H and O–H groups in total. The summed E-state index contributed by atoms with van der Waals surface area (Å²) >= 11 is 6.06. The van der Waals surface area contributed by atoms with Gasteiger partial charge in [-0.15, -0.1) is 0 Å². The molecule has 2 aliphatic heterocycles. The molecule has 1 aromatic heterocycles. The number of carbonyl (C=O) groups excluding carboxylic acids is 1. The number of hydrogen-bond donors (Lipinski definition) is 1. The minimum absolute atomic E-state index is 0.000906. The van der Waals surface area contributed by atoms with Crippen molar-refractivity contribution in [3.05, 3.63) is 64.4 Å². The fourth-order valence-electron chi connectivity index (χ4n) is 3.27. The van der Waals surface area contributed by atoms with Crippen LogP contribution in [0.3, 0.4) is 0 Å². The Hall–Kier alpha value is -2.37. The highest BCUT2D eigenvalue weighted by Crippen LogP contribution is 2.31. The summed E-state index contributed by atoms with van der Waals surface area (Å²) in [6, 6.07) is 9.31. The number of hydrogen-bond acceptors (Lipinski definition) is 4. The van der Waals surface area contributed by atoms with Crippen LogP contribution in [0, 0.1) is 0 Å². The van der Waals surface area contributed by atoms with Crippen LogP contribution in [-0.2, 0) is 4.79 Å². The van der Waals surface area contributed by atoms with Crippen LogP contribution < -0.4 is 10.1 Å². The highest BCUT2D eigenvalue weighted by molar-refractivity contribution is 6.30. The number of pyridine rings is 1. The summed E-state index contributed by atoms with van der Waals surface area (Å²) in [5.41, 5.74) is 2.52. The first-order valence-corrected chi connectivity index (χ1v) is 8.65. The fraction of sp³-hybridized carbons (Fsp3) is 0.263. The molecule has 0 aliphatic carbocycles. The van der Waals surface area contributed by atoms with Gasteiger partial charge in [-0.05, 0) is 35.9 Å². The van der Waals surface area contributed by atoms with E-state index in [2.05, 4.69) is 10.3 Å². The molecule has 1 atom stereocenters. The third kappa shape index (κ3) is 3.25. The van der Waals surface area contributed by atoms with Crippen molar-refractivity contribution >= 4 is 23.6 Å². The van der Waals surface area contributed by atoms with Gasteiger partial charge in [0, 0.05) is 42.6 Å². The van der Waals surface area contributed by atoms with E-state index < -0.39 is 0 Å². The van der Waals surface area contributed by atoms with Crippen molar-refractivity contribution in [2.24, 2.45) is 0 Å². The fourth-order valence-corrected chi connectivity index (χ4v) is 3.46. The van der Waals surface area contributed by atoms with Crippen LogP contribution in [0.2, 0.25) is 5.02 Å². The Bertz CT molecular complexity index is 823. The molecular weight excluding hydrogens is 338 g/mol. The summed E-state index contributed by atoms with van der Waals surface area (Å²) in [5.74, 6) is 0.756. The molecule has 5 nitrogen and oxygen atoms in total. The van der Waals surface area contributed by atoms with E-state index in [1.165, 1.54) is 0 Å². The molecular formula is C19H18ClN3O2. The lowest BCUT2D eigenvalue weighted by Gasteiger charge is -2.37. The predicted octanol–water partition coefficient (Wildman–Crippen LogP) is 2.68. The van der Waals surface area contributed by atoms with Gasteiger partial charge < -0.3 is 15.0 Å². The summed E-state index contributed by atoms with van der Waals surface area (Å²) in [6.07, 6.45) is 5.44. The van der Waals surface area contributed by atoms with Crippen molar-refractivity contribution in [1.82, 2.24) is 15.2 Å². The van der Waals surface area contributed by atoms with Gasteiger partial charge in [0.05, 0.1) is 11.6 Å². The van der Waals surface area contributed by atoms with Gasteiger partial charge in [-0.25, -0.2) is 0 Å². The quantitative estimate of drug-likeness (QED) is 0.900. The number of halogens is 1. The van der Waals surface area contributed by atoms with Crippen LogP contribution in [-0.4, -0.2) is 42.0 Å². The van der Waals surface area contributed by atoms with Gasteiger partial charge in [-0.1, -0.05) is 17.7 Å². The van der Waals surface area contributed by atoms with Crippen LogP contribution in [0.25, 0.3) is 6.08 Å². The van der Waals surface area contributed by atoms with Crippen molar-refractivity contribution < 1.29 is 9.53 Å². The minimum Gasteiger partial charge on any atom is -0.488 e. The van der Waals surface area contributed by atoms with Gasteiger partial charge in [0.1, 0.15) is 12.4 Å². The Morgan fingerprint density at radius 3 is 3.12 bits per heavy atom. The highest BCUT2D eigenvalue weighted by atomic mass is 35.5. The zero-order valence-corrected chi connectivity index (χ0v) is 14.4. The maximum atomic E-state index is 13.1. The van der Waals surface area contributed by atoms with Crippen molar-refractivity contribution in [2.75, 3.05) is 26.2 Å². The number of nitrogens with one attached hydrogen (secondary N) is 1. The van der Waals surface area contributed by atoms with Crippen molar-refractivity contribution in [3.63, 3.8) is 0 Å². The molecule has 1 unspecified atom stereocenters. The second kappa shape index (κ2) is 6.86. The van der Waals surface area contributed by atoms with E-state index in [9.17, 15) is 4.79 Å². The van der Waals surface area contributed by atoms with E-state index in [0.717, 1.165) is 23.4 Å². The predicted molar refractivity (Wildman–Crippen MR) is 96.5 cm³/mol. The number of piperazine rings is 1. The lowest BCUT2D eigenvalue weighted by Crippen LogP contribution is -2.49. The van der Waals surface area contributed by atoms with E-state index in [-0.39, 0.29) is 18.6 Å². The molecule has 128 valence electrons. The third-order valence-electron chi connectivity index (χ3n) is 4.53. The summed E-state index contributed by atoms with van der Waals surface area (Å²) in [7, 11) is 0. The topological polar surface area (TPSA) is 54.5 Å². The first-order valence-electron chi connectivity index (χ1n) is 8.27. The molecule has 3 heterocycles. The summed E-state index contributed by atoms with van der Waals surface area (Å²) in [6.45, 7) is 2.42. The zero-order valence-electron chi connectivity index (χ0n) is 13.6. The molecule has 0 spiro atoms. The standard InChI is InChI=1S/C19H18ClN3O2/c20-16-3-4-18-14(9-16)8-15(12-25-18)19(24)23-7-6-22-11-17(23)13-2-1-5-21-10-13/h1-5,8-10,17,22H,6-7,11-12H2. The normalized spacial score (nSPS) is 19.6. The summed E-state index contributed by atoms with van der Waals surface area (Å²) < 4.78 is 5.74. The molecule has 2 aromatic rings. The molecule has 1 fully saturated rings. The van der Waals surface area contributed by atoms with E-state index in [0.29, 0.717) is 23.7 Å². The largest absolute Gasteiger partial charge is 0.488 e. The summed E-state index contributed by atoms with van der Waals surface area (Å²) in [4.78, 5) is 19.2. The van der Waals surface area contributed by atoms with Crippen LogP contribution in [0.15, 0.2) is 48.3 Å².